The maximum absolute atomic E-state index is 12.3. The van der Waals surface area contributed by atoms with Crippen molar-refractivity contribution in [3.05, 3.63) is 23.8 Å². The minimum absolute atomic E-state index is 0.159. The van der Waals surface area contributed by atoms with Crippen molar-refractivity contribution in [3.63, 3.8) is 0 Å². The Kier molecular flexibility index (Phi) is 4.32. The van der Waals surface area contributed by atoms with Crippen molar-refractivity contribution in [1.82, 2.24) is 5.32 Å². The van der Waals surface area contributed by atoms with Crippen LogP contribution in [0.4, 0.5) is 11.4 Å². The van der Waals surface area contributed by atoms with E-state index in [-0.39, 0.29) is 5.91 Å². The number of rotatable bonds is 3. The van der Waals surface area contributed by atoms with Crippen LogP contribution in [0, 0.1) is 0 Å². The van der Waals surface area contributed by atoms with E-state index in [4.69, 9.17) is 5.73 Å². The van der Waals surface area contributed by atoms with Crippen LogP contribution in [-0.4, -0.2) is 25.0 Å². The van der Waals surface area contributed by atoms with E-state index >= 15 is 0 Å². The number of nitrogens with zero attached hydrogens (tertiary/aromatic N) is 1. The molecular formula is C17H25N3O. The van der Waals surface area contributed by atoms with E-state index in [0.29, 0.717) is 12.6 Å². The molecule has 0 aromatic heterocycles. The summed E-state index contributed by atoms with van der Waals surface area (Å²) in [5, 5.41) is 3.22. The number of carbonyl (C=O) groups is 1. The van der Waals surface area contributed by atoms with Crippen LogP contribution in [0.2, 0.25) is 0 Å². The molecule has 1 aromatic carbocycles. The molecular weight excluding hydrogens is 262 g/mol. The van der Waals surface area contributed by atoms with Gasteiger partial charge in [-0.3, -0.25) is 4.79 Å². The Balaban J connectivity index is 1.56. The van der Waals surface area contributed by atoms with Gasteiger partial charge in [0.25, 0.3) is 0 Å². The molecule has 0 radical (unpaired) electrons. The van der Waals surface area contributed by atoms with Crippen LogP contribution in [0.25, 0.3) is 0 Å². The van der Waals surface area contributed by atoms with Gasteiger partial charge < -0.3 is 16.0 Å². The summed E-state index contributed by atoms with van der Waals surface area (Å²) in [5.41, 5.74) is 9.05. The summed E-state index contributed by atoms with van der Waals surface area (Å²) >= 11 is 0. The molecule has 0 atom stereocenters. The van der Waals surface area contributed by atoms with Crippen LogP contribution >= 0.6 is 0 Å². The number of hydrogen-bond donors (Lipinski definition) is 2. The number of fused-ring (bicyclic) bond motifs is 1. The molecule has 0 bridgehead atoms. The normalized spacial score (nSPS) is 19.1. The van der Waals surface area contributed by atoms with E-state index in [0.717, 1.165) is 31.5 Å². The average molecular weight is 287 g/mol. The third-order valence-electron chi connectivity index (χ3n) is 4.65. The number of nitrogens with one attached hydrogen (secondary N) is 1. The van der Waals surface area contributed by atoms with Gasteiger partial charge >= 0.3 is 0 Å². The smallest absolute Gasteiger partial charge is 0.239 e. The van der Waals surface area contributed by atoms with Crippen molar-refractivity contribution in [2.75, 3.05) is 23.7 Å². The quantitative estimate of drug-likeness (QED) is 0.663. The topological polar surface area (TPSA) is 58.4 Å². The van der Waals surface area contributed by atoms with Crippen molar-refractivity contribution in [1.29, 1.82) is 0 Å². The van der Waals surface area contributed by atoms with Gasteiger partial charge in [-0.1, -0.05) is 25.7 Å². The molecule has 21 heavy (non-hydrogen) atoms. The third-order valence-corrected chi connectivity index (χ3v) is 4.65. The maximum atomic E-state index is 12.3. The highest BCUT2D eigenvalue weighted by molar-refractivity contribution is 5.82. The second-order valence-corrected chi connectivity index (χ2v) is 6.32. The zero-order valence-corrected chi connectivity index (χ0v) is 12.6. The van der Waals surface area contributed by atoms with Gasteiger partial charge in [0, 0.05) is 24.0 Å². The Bertz CT molecular complexity index is 507. The molecule has 1 saturated carbocycles. The zero-order chi connectivity index (χ0) is 14.7. The van der Waals surface area contributed by atoms with Crippen molar-refractivity contribution in [2.24, 2.45) is 0 Å². The van der Waals surface area contributed by atoms with Crippen molar-refractivity contribution in [3.8, 4) is 0 Å². The number of hydrogen-bond acceptors (Lipinski definition) is 3. The molecule has 1 aromatic rings. The van der Waals surface area contributed by atoms with Crippen LogP contribution < -0.4 is 16.0 Å². The predicted octanol–water partition coefficient (Wildman–Crippen LogP) is 2.47. The number of benzene rings is 1. The summed E-state index contributed by atoms with van der Waals surface area (Å²) in [6.45, 7) is 1.38. The molecule has 3 rings (SSSR count). The van der Waals surface area contributed by atoms with E-state index in [1.807, 2.05) is 18.2 Å². The fourth-order valence-corrected chi connectivity index (χ4v) is 3.52. The fourth-order valence-electron chi connectivity index (χ4n) is 3.52. The first kappa shape index (κ1) is 14.2. The molecule has 0 saturated heterocycles. The van der Waals surface area contributed by atoms with Gasteiger partial charge in [-0.25, -0.2) is 0 Å². The zero-order valence-electron chi connectivity index (χ0n) is 12.6. The van der Waals surface area contributed by atoms with E-state index in [1.54, 1.807) is 0 Å². The summed E-state index contributed by atoms with van der Waals surface area (Å²) in [6, 6.07) is 6.36. The van der Waals surface area contributed by atoms with Crippen molar-refractivity contribution >= 4 is 17.3 Å². The Morgan fingerprint density at radius 1 is 1.24 bits per heavy atom. The Morgan fingerprint density at radius 2 is 2.00 bits per heavy atom. The molecule has 1 aliphatic carbocycles. The highest BCUT2D eigenvalue weighted by atomic mass is 16.2. The van der Waals surface area contributed by atoms with Crippen LogP contribution in [0.15, 0.2) is 18.2 Å². The molecule has 2 aliphatic rings. The molecule has 1 aliphatic heterocycles. The largest absolute Gasteiger partial charge is 0.399 e. The number of nitrogen functional groups attached to an aromatic ring is 1. The van der Waals surface area contributed by atoms with Crippen LogP contribution in [0.3, 0.4) is 0 Å². The summed E-state index contributed by atoms with van der Waals surface area (Å²) < 4.78 is 0. The molecule has 1 fully saturated rings. The first-order valence-corrected chi connectivity index (χ1v) is 8.15. The van der Waals surface area contributed by atoms with Crippen LogP contribution in [0.5, 0.6) is 0 Å². The molecule has 4 nitrogen and oxygen atoms in total. The second-order valence-electron chi connectivity index (χ2n) is 6.32. The summed E-state index contributed by atoms with van der Waals surface area (Å²) in [4.78, 5) is 14.4. The molecule has 1 heterocycles. The molecule has 1 amide bonds. The highest BCUT2D eigenvalue weighted by Gasteiger charge is 2.22. The lowest BCUT2D eigenvalue weighted by atomic mass is 10.1. The monoisotopic (exact) mass is 287 g/mol. The molecule has 114 valence electrons. The number of anilines is 2. The SMILES string of the molecule is Nc1ccc2c(c1)CCN2CC(=O)NC1CCCCCC1. The first-order valence-electron chi connectivity index (χ1n) is 8.15. The van der Waals surface area contributed by atoms with E-state index in [1.165, 1.54) is 36.9 Å². The number of nitrogens with two attached hydrogens (primary N) is 1. The summed E-state index contributed by atoms with van der Waals surface area (Å²) in [6.07, 6.45) is 8.38. The van der Waals surface area contributed by atoms with E-state index < -0.39 is 0 Å². The first-order chi connectivity index (χ1) is 10.2. The molecule has 0 spiro atoms. The average Bonchev–Trinajstić information content (AvgIpc) is 2.68. The second kappa shape index (κ2) is 6.37. The highest BCUT2D eigenvalue weighted by Crippen LogP contribution is 2.29. The minimum atomic E-state index is 0.159. The minimum Gasteiger partial charge on any atom is -0.399 e. The van der Waals surface area contributed by atoms with Gasteiger partial charge in [0.2, 0.25) is 5.91 Å². The maximum Gasteiger partial charge on any atom is 0.239 e. The van der Waals surface area contributed by atoms with Gasteiger partial charge in [0.1, 0.15) is 0 Å². The van der Waals surface area contributed by atoms with Gasteiger partial charge in [-0.15, -0.1) is 0 Å². The lowest BCUT2D eigenvalue weighted by Crippen LogP contribution is -2.41. The number of amides is 1. The molecule has 0 unspecified atom stereocenters. The van der Waals surface area contributed by atoms with E-state index in [9.17, 15) is 4.79 Å². The molecule has 3 N–H and O–H groups in total. The summed E-state index contributed by atoms with van der Waals surface area (Å²) in [5.74, 6) is 0.159. The summed E-state index contributed by atoms with van der Waals surface area (Å²) in [7, 11) is 0. The lowest BCUT2D eigenvalue weighted by molar-refractivity contribution is -0.120. The van der Waals surface area contributed by atoms with Crippen LogP contribution in [-0.2, 0) is 11.2 Å². The Labute approximate surface area is 126 Å². The van der Waals surface area contributed by atoms with Gasteiger partial charge in [0.05, 0.1) is 6.54 Å². The fraction of sp³-hybridized carbons (Fsp3) is 0.588. The number of carbonyl (C=O) groups excluding carboxylic acids is 1. The van der Waals surface area contributed by atoms with Crippen LogP contribution in [0.1, 0.15) is 44.1 Å². The van der Waals surface area contributed by atoms with Gasteiger partial charge in [0.15, 0.2) is 0 Å². The standard InChI is InChI=1S/C17H25N3O/c18-14-7-8-16-13(11-14)9-10-20(16)12-17(21)19-15-5-3-1-2-4-6-15/h7-8,11,15H,1-6,9-10,12,18H2,(H,19,21). The van der Waals surface area contributed by atoms with Gasteiger partial charge in [-0.05, 0) is 43.0 Å². The van der Waals surface area contributed by atoms with Crippen molar-refractivity contribution in [2.45, 2.75) is 51.0 Å². The predicted molar refractivity (Wildman–Crippen MR) is 86.4 cm³/mol. The Morgan fingerprint density at radius 3 is 2.76 bits per heavy atom. The Hall–Kier alpha value is -1.71. The van der Waals surface area contributed by atoms with Crippen molar-refractivity contribution < 1.29 is 4.79 Å². The molecule has 4 heteroatoms. The van der Waals surface area contributed by atoms with Gasteiger partial charge in [-0.2, -0.15) is 0 Å². The lowest BCUT2D eigenvalue weighted by Gasteiger charge is -2.22. The van der Waals surface area contributed by atoms with E-state index in [2.05, 4.69) is 10.2 Å². The third kappa shape index (κ3) is 3.49.